The Kier molecular flexibility index (Phi) is 4.24. The number of anilines is 2. The van der Waals surface area contributed by atoms with Gasteiger partial charge in [-0.1, -0.05) is 19.8 Å². The SMILES string of the molecule is CCC1CCCCCN1c1nc(C(N)=O)ccc1N. The van der Waals surface area contributed by atoms with Gasteiger partial charge in [0.2, 0.25) is 0 Å². The topological polar surface area (TPSA) is 85.2 Å². The second-order valence-electron chi connectivity index (χ2n) is 5.08. The first kappa shape index (κ1) is 13.6. The molecule has 2 rings (SSSR count). The van der Waals surface area contributed by atoms with Gasteiger partial charge in [-0.2, -0.15) is 0 Å². The lowest BCUT2D eigenvalue weighted by atomic mass is 10.1. The molecule has 19 heavy (non-hydrogen) atoms. The molecule has 0 radical (unpaired) electrons. The average Bonchev–Trinajstić information content (AvgIpc) is 2.64. The predicted octanol–water partition coefficient (Wildman–Crippen LogP) is 1.92. The summed E-state index contributed by atoms with van der Waals surface area (Å²) >= 11 is 0. The molecule has 5 nitrogen and oxygen atoms in total. The molecule has 1 aromatic rings. The van der Waals surface area contributed by atoms with Crippen LogP contribution in [0.15, 0.2) is 12.1 Å². The van der Waals surface area contributed by atoms with E-state index in [1.165, 1.54) is 12.8 Å². The Balaban J connectivity index is 2.36. The molecular weight excluding hydrogens is 240 g/mol. The monoisotopic (exact) mass is 262 g/mol. The van der Waals surface area contributed by atoms with Gasteiger partial charge in [0.15, 0.2) is 5.82 Å². The summed E-state index contributed by atoms with van der Waals surface area (Å²) in [5.74, 6) is 0.203. The van der Waals surface area contributed by atoms with Crippen LogP contribution in [0.3, 0.4) is 0 Å². The molecular formula is C14H22N4O. The van der Waals surface area contributed by atoms with E-state index in [1.807, 2.05) is 0 Å². The van der Waals surface area contributed by atoms with Gasteiger partial charge in [0.05, 0.1) is 5.69 Å². The standard InChI is InChI=1S/C14H22N4O/c1-2-10-6-4-3-5-9-18(10)14-11(15)7-8-12(17-14)13(16)19/h7-8,10H,2-6,9,15H2,1H3,(H2,16,19). The molecule has 1 amide bonds. The van der Waals surface area contributed by atoms with Crippen molar-refractivity contribution < 1.29 is 4.79 Å². The Morgan fingerprint density at radius 3 is 2.89 bits per heavy atom. The first-order chi connectivity index (χ1) is 9.13. The normalized spacial score (nSPS) is 20.1. The van der Waals surface area contributed by atoms with Crippen molar-refractivity contribution in [3.05, 3.63) is 17.8 Å². The molecule has 5 heteroatoms. The van der Waals surface area contributed by atoms with Crippen LogP contribution < -0.4 is 16.4 Å². The number of carbonyl (C=O) groups excluding carboxylic acids is 1. The molecule has 1 fully saturated rings. The fourth-order valence-electron chi connectivity index (χ4n) is 2.71. The minimum absolute atomic E-state index is 0.281. The maximum Gasteiger partial charge on any atom is 0.267 e. The highest BCUT2D eigenvalue weighted by Gasteiger charge is 2.23. The highest BCUT2D eigenvalue weighted by Crippen LogP contribution is 2.28. The second-order valence-corrected chi connectivity index (χ2v) is 5.08. The molecule has 104 valence electrons. The third-order valence-electron chi connectivity index (χ3n) is 3.78. The Morgan fingerprint density at radius 1 is 1.42 bits per heavy atom. The smallest absolute Gasteiger partial charge is 0.267 e. The van der Waals surface area contributed by atoms with Crippen LogP contribution in [0.25, 0.3) is 0 Å². The Morgan fingerprint density at radius 2 is 2.21 bits per heavy atom. The highest BCUT2D eigenvalue weighted by molar-refractivity contribution is 5.91. The summed E-state index contributed by atoms with van der Waals surface area (Å²) in [5, 5.41) is 0. The van der Waals surface area contributed by atoms with E-state index in [0.29, 0.717) is 17.5 Å². The van der Waals surface area contributed by atoms with Crippen molar-refractivity contribution in [2.45, 2.75) is 45.1 Å². The van der Waals surface area contributed by atoms with E-state index in [4.69, 9.17) is 11.5 Å². The maximum atomic E-state index is 11.3. The quantitative estimate of drug-likeness (QED) is 0.871. The lowest BCUT2D eigenvalue weighted by Crippen LogP contribution is -2.36. The van der Waals surface area contributed by atoms with E-state index >= 15 is 0 Å². The van der Waals surface area contributed by atoms with Crippen molar-refractivity contribution in [1.82, 2.24) is 4.98 Å². The van der Waals surface area contributed by atoms with Gasteiger partial charge >= 0.3 is 0 Å². The molecule has 1 saturated heterocycles. The van der Waals surface area contributed by atoms with Crippen molar-refractivity contribution in [2.75, 3.05) is 17.2 Å². The Labute approximate surface area is 114 Å². The number of rotatable bonds is 3. The van der Waals surface area contributed by atoms with Crippen molar-refractivity contribution in [1.29, 1.82) is 0 Å². The molecule has 1 aliphatic heterocycles. The molecule has 1 aromatic heterocycles. The number of primary amides is 1. The third-order valence-corrected chi connectivity index (χ3v) is 3.78. The number of hydrogen-bond acceptors (Lipinski definition) is 4. The van der Waals surface area contributed by atoms with Gasteiger partial charge in [-0.3, -0.25) is 4.79 Å². The second kappa shape index (κ2) is 5.91. The molecule has 1 aliphatic rings. The van der Waals surface area contributed by atoms with Crippen LogP contribution in [0.5, 0.6) is 0 Å². The third kappa shape index (κ3) is 2.97. The fourth-order valence-corrected chi connectivity index (χ4v) is 2.71. The van der Waals surface area contributed by atoms with Crippen LogP contribution >= 0.6 is 0 Å². The number of carbonyl (C=O) groups is 1. The van der Waals surface area contributed by atoms with E-state index in [2.05, 4.69) is 16.8 Å². The summed E-state index contributed by atoms with van der Waals surface area (Å²) in [6, 6.07) is 3.75. The molecule has 0 aromatic carbocycles. The van der Waals surface area contributed by atoms with E-state index in [9.17, 15) is 4.79 Å². The zero-order valence-corrected chi connectivity index (χ0v) is 11.4. The van der Waals surface area contributed by atoms with Crippen LogP contribution in [0.1, 0.15) is 49.5 Å². The number of nitrogen functional groups attached to an aromatic ring is 1. The molecule has 0 spiro atoms. The number of hydrogen-bond donors (Lipinski definition) is 2. The van der Waals surface area contributed by atoms with E-state index < -0.39 is 5.91 Å². The minimum Gasteiger partial charge on any atom is -0.396 e. The number of pyridine rings is 1. The number of nitrogens with two attached hydrogens (primary N) is 2. The molecule has 2 heterocycles. The Bertz CT molecular complexity index is 461. The summed E-state index contributed by atoms with van der Waals surface area (Å²) in [6.07, 6.45) is 5.82. The van der Waals surface area contributed by atoms with Crippen molar-refractivity contribution >= 4 is 17.4 Å². The summed E-state index contributed by atoms with van der Waals surface area (Å²) in [6.45, 7) is 3.12. The van der Waals surface area contributed by atoms with Crippen molar-refractivity contribution in [3.63, 3.8) is 0 Å². The van der Waals surface area contributed by atoms with E-state index in [0.717, 1.165) is 25.8 Å². The summed E-state index contributed by atoms with van der Waals surface area (Å²) in [7, 11) is 0. The molecule has 0 aliphatic carbocycles. The molecule has 0 bridgehead atoms. The lowest BCUT2D eigenvalue weighted by Gasteiger charge is -2.31. The number of aromatic nitrogens is 1. The van der Waals surface area contributed by atoms with Gasteiger partial charge in [-0.05, 0) is 31.4 Å². The number of amides is 1. The summed E-state index contributed by atoms with van der Waals surface area (Å²) in [4.78, 5) is 17.9. The molecule has 4 N–H and O–H groups in total. The predicted molar refractivity (Wildman–Crippen MR) is 77.1 cm³/mol. The largest absolute Gasteiger partial charge is 0.396 e. The van der Waals surface area contributed by atoms with Crippen molar-refractivity contribution in [2.24, 2.45) is 5.73 Å². The summed E-state index contributed by atoms with van der Waals surface area (Å²) in [5.41, 5.74) is 12.2. The average molecular weight is 262 g/mol. The minimum atomic E-state index is -0.510. The van der Waals surface area contributed by atoms with Gasteiger partial charge in [0.25, 0.3) is 5.91 Å². The van der Waals surface area contributed by atoms with Crippen LogP contribution in [0.2, 0.25) is 0 Å². The zero-order valence-electron chi connectivity index (χ0n) is 11.4. The molecule has 1 atom stereocenters. The van der Waals surface area contributed by atoms with E-state index in [-0.39, 0.29) is 5.69 Å². The van der Waals surface area contributed by atoms with Crippen molar-refractivity contribution in [3.8, 4) is 0 Å². The molecule has 1 unspecified atom stereocenters. The van der Waals surface area contributed by atoms with Gasteiger partial charge in [-0.25, -0.2) is 4.98 Å². The maximum absolute atomic E-state index is 11.3. The lowest BCUT2D eigenvalue weighted by molar-refractivity contribution is 0.0995. The Hall–Kier alpha value is -1.78. The molecule has 0 saturated carbocycles. The van der Waals surface area contributed by atoms with Gasteiger partial charge in [-0.15, -0.1) is 0 Å². The number of nitrogens with zero attached hydrogens (tertiary/aromatic N) is 2. The highest BCUT2D eigenvalue weighted by atomic mass is 16.1. The van der Waals surface area contributed by atoms with Gasteiger partial charge in [0, 0.05) is 12.6 Å². The zero-order chi connectivity index (χ0) is 13.8. The van der Waals surface area contributed by atoms with E-state index in [1.54, 1.807) is 12.1 Å². The first-order valence-electron chi connectivity index (χ1n) is 6.96. The van der Waals surface area contributed by atoms with Crippen LogP contribution in [0, 0.1) is 0 Å². The van der Waals surface area contributed by atoms with Gasteiger partial charge < -0.3 is 16.4 Å². The van der Waals surface area contributed by atoms with Crippen LogP contribution in [-0.4, -0.2) is 23.5 Å². The first-order valence-corrected chi connectivity index (χ1v) is 6.96. The fraction of sp³-hybridized carbons (Fsp3) is 0.571. The van der Waals surface area contributed by atoms with Crippen LogP contribution in [0.4, 0.5) is 11.5 Å². The van der Waals surface area contributed by atoms with Gasteiger partial charge in [0.1, 0.15) is 5.69 Å². The van der Waals surface area contributed by atoms with Crippen LogP contribution in [-0.2, 0) is 0 Å². The summed E-state index contributed by atoms with van der Waals surface area (Å²) < 4.78 is 0.